The number of fused-ring (bicyclic) bond motifs is 1. The first-order valence-corrected chi connectivity index (χ1v) is 15.9. The van der Waals surface area contributed by atoms with Gasteiger partial charge >= 0.3 is 0 Å². The van der Waals surface area contributed by atoms with Crippen LogP contribution in [-0.2, 0) is 6.42 Å². The van der Waals surface area contributed by atoms with Crippen LogP contribution >= 0.6 is 11.8 Å². The van der Waals surface area contributed by atoms with E-state index in [1.165, 1.54) is 81.3 Å². The third-order valence-corrected chi connectivity index (χ3v) is 10.2. The average Bonchev–Trinajstić information content (AvgIpc) is 3.40. The molecule has 2 fully saturated rings. The van der Waals surface area contributed by atoms with Gasteiger partial charge in [0.1, 0.15) is 11.6 Å². The fourth-order valence-corrected chi connectivity index (χ4v) is 7.85. The summed E-state index contributed by atoms with van der Waals surface area (Å²) in [6.45, 7) is 4.59. The Kier molecular flexibility index (Phi) is 9.61. The number of nitrogens with zero attached hydrogens (tertiary/aromatic N) is 3. The highest BCUT2D eigenvalue weighted by atomic mass is 32.2. The van der Waals surface area contributed by atoms with Crippen LogP contribution in [-0.4, -0.2) is 42.9 Å². The molecule has 5 heteroatoms. The Hall–Kier alpha value is -2.11. The van der Waals surface area contributed by atoms with Gasteiger partial charge in [0.15, 0.2) is 0 Å². The van der Waals surface area contributed by atoms with Crippen LogP contribution in [0.1, 0.15) is 73.6 Å². The summed E-state index contributed by atoms with van der Waals surface area (Å²) in [5, 5.41) is 5.69. The van der Waals surface area contributed by atoms with Crippen LogP contribution in [0.4, 0.5) is 5.82 Å². The number of benzene rings is 2. The number of rotatable bonds is 11. The lowest BCUT2D eigenvalue weighted by Gasteiger charge is -2.29. The van der Waals surface area contributed by atoms with Crippen LogP contribution < -0.4 is 10.2 Å². The molecule has 5 rings (SSSR count). The topological polar surface area (TPSA) is 41.1 Å². The van der Waals surface area contributed by atoms with E-state index in [-0.39, 0.29) is 0 Å². The Morgan fingerprint density at radius 1 is 0.868 bits per heavy atom. The van der Waals surface area contributed by atoms with Crippen LogP contribution in [0.15, 0.2) is 48.5 Å². The monoisotopic (exact) mass is 530 g/mol. The number of hydrogen-bond donors (Lipinski definition) is 1. The highest BCUT2D eigenvalue weighted by Crippen LogP contribution is 2.43. The minimum absolute atomic E-state index is 0.695. The average molecular weight is 531 g/mol. The molecule has 2 unspecified atom stereocenters. The van der Waals surface area contributed by atoms with E-state index in [0.717, 1.165) is 46.7 Å². The van der Waals surface area contributed by atoms with Gasteiger partial charge in [-0.05, 0) is 86.9 Å². The summed E-state index contributed by atoms with van der Waals surface area (Å²) in [4.78, 5) is 11.8. The number of aromatic nitrogens is 2. The predicted molar refractivity (Wildman–Crippen MR) is 164 cm³/mol. The van der Waals surface area contributed by atoms with E-state index >= 15 is 0 Å². The van der Waals surface area contributed by atoms with Crippen LogP contribution in [0.3, 0.4) is 0 Å². The molecule has 2 aromatic carbocycles. The van der Waals surface area contributed by atoms with Gasteiger partial charge < -0.3 is 10.2 Å². The molecule has 1 aliphatic carbocycles. The van der Waals surface area contributed by atoms with E-state index in [4.69, 9.17) is 9.97 Å². The Labute approximate surface area is 234 Å². The third kappa shape index (κ3) is 7.30. The zero-order valence-corrected chi connectivity index (χ0v) is 24.5. The minimum Gasteiger partial charge on any atom is -0.362 e. The second-order valence-corrected chi connectivity index (χ2v) is 13.2. The largest absolute Gasteiger partial charge is 0.362 e. The van der Waals surface area contributed by atoms with E-state index in [0.29, 0.717) is 5.25 Å². The Morgan fingerprint density at radius 3 is 2.39 bits per heavy atom. The number of hydrogen-bond acceptors (Lipinski definition) is 5. The Bertz CT molecular complexity index is 1150. The SMILES string of the molecule is Cc1ccc(C2CC(CNCC3CCC(CCCCc4nc(N(C)C)c5ccccc5n4)CC3)CS2)cc1. The molecule has 3 aromatic rings. The van der Waals surface area contributed by atoms with Crippen molar-refractivity contribution in [2.75, 3.05) is 37.8 Å². The highest BCUT2D eigenvalue weighted by Gasteiger charge is 2.27. The van der Waals surface area contributed by atoms with Crippen molar-refractivity contribution < 1.29 is 0 Å². The maximum Gasteiger partial charge on any atom is 0.139 e. The number of unbranched alkanes of at least 4 members (excludes halogenated alkanes) is 1. The molecule has 1 N–H and O–H groups in total. The van der Waals surface area contributed by atoms with Crippen molar-refractivity contribution in [3.63, 3.8) is 0 Å². The summed E-state index contributed by atoms with van der Waals surface area (Å²) in [6.07, 6.45) is 11.8. The zero-order chi connectivity index (χ0) is 26.3. The Balaban J connectivity index is 0.962. The first kappa shape index (κ1) is 27.5. The lowest BCUT2D eigenvalue weighted by molar-refractivity contribution is 0.251. The minimum atomic E-state index is 0.695. The summed E-state index contributed by atoms with van der Waals surface area (Å²) >= 11 is 2.16. The van der Waals surface area contributed by atoms with Gasteiger partial charge in [0.25, 0.3) is 0 Å². The molecular formula is C33H46N4S. The molecule has 2 heterocycles. The number of nitrogens with one attached hydrogen (secondary N) is 1. The van der Waals surface area contributed by atoms with Gasteiger partial charge in [0.2, 0.25) is 0 Å². The summed E-state index contributed by atoms with van der Waals surface area (Å²) in [5.74, 6) is 5.96. The first-order valence-electron chi connectivity index (χ1n) is 14.9. The smallest absolute Gasteiger partial charge is 0.139 e. The van der Waals surface area contributed by atoms with Gasteiger partial charge in [0, 0.05) is 31.2 Å². The van der Waals surface area contributed by atoms with Gasteiger partial charge in [-0.1, -0.05) is 67.6 Å². The van der Waals surface area contributed by atoms with E-state index in [9.17, 15) is 0 Å². The van der Waals surface area contributed by atoms with Crippen molar-refractivity contribution in [2.45, 2.75) is 70.0 Å². The van der Waals surface area contributed by atoms with Crippen LogP contribution in [0.2, 0.25) is 0 Å². The third-order valence-electron chi connectivity index (χ3n) is 8.68. The Morgan fingerprint density at radius 2 is 1.61 bits per heavy atom. The maximum absolute atomic E-state index is 4.88. The first-order chi connectivity index (χ1) is 18.5. The molecule has 1 aromatic heterocycles. The quantitative estimate of drug-likeness (QED) is 0.258. The molecule has 0 spiro atoms. The maximum atomic E-state index is 4.88. The summed E-state index contributed by atoms with van der Waals surface area (Å²) in [6, 6.07) is 17.6. The molecule has 2 aliphatic rings. The van der Waals surface area contributed by atoms with E-state index in [1.54, 1.807) is 0 Å². The zero-order valence-electron chi connectivity index (χ0n) is 23.7. The van der Waals surface area contributed by atoms with Gasteiger partial charge in [-0.15, -0.1) is 0 Å². The molecule has 2 atom stereocenters. The second-order valence-electron chi connectivity index (χ2n) is 12.0. The highest BCUT2D eigenvalue weighted by molar-refractivity contribution is 7.99. The number of aryl methyl sites for hydroxylation is 2. The van der Waals surface area contributed by atoms with Crippen molar-refractivity contribution in [3.05, 3.63) is 65.5 Å². The van der Waals surface area contributed by atoms with Gasteiger partial charge in [-0.2, -0.15) is 11.8 Å². The molecule has 1 aliphatic heterocycles. The molecule has 4 nitrogen and oxygen atoms in total. The fourth-order valence-electron chi connectivity index (χ4n) is 6.34. The lowest BCUT2D eigenvalue weighted by atomic mass is 9.79. The van der Waals surface area contributed by atoms with Crippen molar-refractivity contribution in [2.24, 2.45) is 17.8 Å². The van der Waals surface area contributed by atoms with Gasteiger partial charge in [-0.25, -0.2) is 9.97 Å². The molecule has 1 saturated carbocycles. The summed E-state index contributed by atoms with van der Waals surface area (Å²) in [7, 11) is 4.14. The molecule has 38 heavy (non-hydrogen) atoms. The fraction of sp³-hybridized carbons (Fsp3) is 0.576. The van der Waals surface area contributed by atoms with Crippen LogP contribution in [0.5, 0.6) is 0 Å². The number of thioether (sulfide) groups is 1. The summed E-state index contributed by atoms with van der Waals surface area (Å²) < 4.78 is 0. The van der Waals surface area contributed by atoms with Crippen LogP contribution in [0.25, 0.3) is 10.9 Å². The van der Waals surface area contributed by atoms with Gasteiger partial charge in [-0.3, -0.25) is 0 Å². The molecular weight excluding hydrogens is 484 g/mol. The van der Waals surface area contributed by atoms with Crippen molar-refractivity contribution >= 4 is 28.5 Å². The van der Waals surface area contributed by atoms with E-state index in [1.807, 2.05) is 0 Å². The van der Waals surface area contributed by atoms with E-state index in [2.05, 4.69) is 91.5 Å². The predicted octanol–water partition coefficient (Wildman–Crippen LogP) is 7.61. The normalized spacial score (nSPS) is 23.7. The second kappa shape index (κ2) is 13.3. The van der Waals surface area contributed by atoms with Crippen molar-refractivity contribution in [3.8, 4) is 0 Å². The van der Waals surface area contributed by atoms with Crippen molar-refractivity contribution in [1.82, 2.24) is 15.3 Å². The molecule has 0 amide bonds. The number of anilines is 1. The molecule has 1 saturated heterocycles. The molecule has 0 bridgehead atoms. The van der Waals surface area contributed by atoms with Crippen LogP contribution in [0, 0.1) is 24.7 Å². The molecule has 0 radical (unpaired) electrons. The van der Waals surface area contributed by atoms with E-state index < -0.39 is 0 Å². The standard InChI is InChI=1S/C33H46N4S/c1-24-12-18-28(19-13-24)31-20-27(23-38-31)22-34-21-26-16-14-25(15-17-26)8-4-7-11-32-35-30-10-6-5-9-29(30)33(36-32)37(2)3/h5-6,9-10,12-13,18-19,25-27,31,34H,4,7-8,11,14-17,20-23H2,1-3H3. The van der Waals surface area contributed by atoms with Gasteiger partial charge in [0.05, 0.1) is 5.52 Å². The number of para-hydroxylation sites is 1. The van der Waals surface area contributed by atoms with Crippen molar-refractivity contribution in [1.29, 1.82) is 0 Å². The lowest BCUT2D eigenvalue weighted by Crippen LogP contribution is -2.30. The molecule has 204 valence electrons. The summed E-state index contributed by atoms with van der Waals surface area (Å²) in [5.41, 5.74) is 3.94.